The van der Waals surface area contributed by atoms with E-state index in [0.717, 1.165) is 18.0 Å². The van der Waals surface area contributed by atoms with Gasteiger partial charge in [-0.05, 0) is 18.8 Å². The molecule has 1 aliphatic carbocycles. The Morgan fingerprint density at radius 3 is 2.76 bits per heavy atom. The van der Waals surface area contributed by atoms with Crippen LogP contribution in [0.1, 0.15) is 17.8 Å². The van der Waals surface area contributed by atoms with E-state index in [0.29, 0.717) is 6.04 Å². The molecule has 2 nitrogen and oxygen atoms in total. The van der Waals surface area contributed by atoms with E-state index in [2.05, 4.69) is 22.5 Å². The van der Waals surface area contributed by atoms with E-state index < -0.39 is 0 Å². The molecule has 1 saturated carbocycles. The van der Waals surface area contributed by atoms with Gasteiger partial charge in [-0.1, -0.05) is 30.3 Å². The highest BCUT2D eigenvalue weighted by Gasteiger charge is 2.28. The molecule has 88 valence electrons. The van der Waals surface area contributed by atoms with E-state index in [9.17, 15) is 0 Å². The highest BCUT2D eigenvalue weighted by atomic mass is 32.1. The quantitative estimate of drug-likeness (QED) is 0.897. The molecule has 17 heavy (non-hydrogen) atoms. The predicted molar refractivity (Wildman–Crippen MR) is 72.0 cm³/mol. The van der Waals surface area contributed by atoms with Crippen molar-refractivity contribution in [1.82, 2.24) is 4.98 Å². The second kappa shape index (κ2) is 4.59. The topological polar surface area (TPSA) is 38.9 Å². The molecule has 0 radical (unpaired) electrons. The summed E-state index contributed by atoms with van der Waals surface area (Å²) in [5.41, 5.74) is 8.39. The van der Waals surface area contributed by atoms with Gasteiger partial charge in [-0.15, -0.1) is 11.3 Å². The largest absolute Gasteiger partial charge is 0.327 e. The summed E-state index contributed by atoms with van der Waals surface area (Å²) in [7, 11) is 0. The molecule has 0 saturated heterocycles. The Labute approximate surface area is 106 Å². The molecule has 0 bridgehead atoms. The first-order valence-corrected chi connectivity index (χ1v) is 6.96. The third-order valence-electron chi connectivity index (χ3n) is 3.26. The fourth-order valence-corrected chi connectivity index (χ4v) is 2.92. The van der Waals surface area contributed by atoms with Gasteiger partial charge in [0, 0.05) is 23.4 Å². The maximum absolute atomic E-state index is 6.13. The normalized spacial score (nSPS) is 17.0. The van der Waals surface area contributed by atoms with Crippen molar-refractivity contribution in [2.75, 3.05) is 0 Å². The van der Waals surface area contributed by atoms with Crippen LogP contribution in [0.15, 0.2) is 35.7 Å². The number of aromatic nitrogens is 1. The lowest BCUT2D eigenvalue weighted by atomic mass is 10.1. The van der Waals surface area contributed by atoms with Gasteiger partial charge in [0.25, 0.3) is 0 Å². The minimum atomic E-state index is 0.310. The molecular formula is C14H16N2S. The Morgan fingerprint density at radius 1 is 1.29 bits per heavy atom. The molecule has 0 spiro atoms. The van der Waals surface area contributed by atoms with Gasteiger partial charge in [-0.25, -0.2) is 4.98 Å². The molecule has 2 N–H and O–H groups in total. The number of thiazole rings is 1. The number of rotatable bonds is 4. The predicted octanol–water partition coefficient (Wildman–Crippen LogP) is 3.09. The van der Waals surface area contributed by atoms with E-state index in [1.165, 1.54) is 23.4 Å². The summed E-state index contributed by atoms with van der Waals surface area (Å²) in [5.74, 6) is 0.749. The van der Waals surface area contributed by atoms with E-state index >= 15 is 0 Å². The molecule has 2 aromatic rings. The maximum atomic E-state index is 6.13. The van der Waals surface area contributed by atoms with Crippen LogP contribution in [0.5, 0.6) is 0 Å². The molecule has 1 atom stereocenters. The van der Waals surface area contributed by atoms with Crippen LogP contribution in [-0.4, -0.2) is 11.0 Å². The average molecular weight is 244 g/mol. The average Bonchev–Trinajstić information content (AvgIpc) is 3.12. The minimum Gasteiger partial charge on any atom is -0.327 e. The Bertz CT molecular complexity index is 488. The third kappa shape index (κ3) is 2.56. The Hall–Kier alpha value is -1.19. The lowest BCUT2D eigenvalue weighted by Crippen LogP contribution is -2.24. The molecule has 1 fully saturated rings. The van der Waals surface area contributed by atoms with Gasteiger partial charge in [0.1, 0.15) is 0 Å². The molecule has 3 rings (SSSR count). The molecule has 1 unspecified atom stereocenters. The smallest absolute Gasteiger partial charge is 0.0948 e. The molecule has 3 heteroatoms. The van der Waals surface area contributed by atoms with Gasteiger partial charge in [-0.3, -0.25) is 0 Å². The summed E-state index contributed by atoms with van der Waals surface area (Å²) in [4.78, 5) is 4.67. The van der Waals surface area contributed by atoms with Gasteiger partial charge in [0.15, 0.2) is 0 Å². The first-order chi connectivity index (χ1) is 8.33. The summed E-state index contributed by atoms with van der Waals surface area (Å²) in [6, 6.07) is 10.6. The molecule has 1 aromatic carbocycles. The number of hydrogen-bond acceptors (Lipinski definition) is 3. The zero-order chi connectivity index (χ0) is 11.7. The number of hydrogen-bond donors (Lipinski definition) is 1. The number of nitrogens with two attached hydrogens (primary N) is 1. The minimum absolute atomic E-state index is 0.310. The van der Waals surface area contributed by atoms with E-state index in [4.69, 9.17) is 5.73 Å². The second-order valence-corrected chi connectivity index (χ2v) is 5.64. The van der Waals surface area contributed by atoms with Crippen LogP contribution in [-0.2, 0) is 6.42 Å². The standard InChI is InChI=1S/C14H16N2S/c15-12(10-6-7-10)8-14-16-13(9-17-14)11-4-2-1-3-5-11/h1-5,9-10,12H,6-8,15H2. The number of nitrogens with zero attached hydrogens (tertiary/aromatic N) is 1. The van der Waals surface area contributed by atoms with Crippen molar-refractivity contribution in [2.24, 2.45) is 11.7 Å². The first kappa shape index (κ1) is 10.9. The highest BCUT2D eigenvalue weighted by Crippen LogP contribution is 2.33. The van der Waals surface area contributed by atoms with Crippen molar-refractivity contribution in [1.29, 1.82) is 0 Å². The molecule has 1 aromatic heterocycles. The van der Waals surface area contributed by atoms with Crippen molar-refractivity contribution in [2.45, 2.75) is 25.3 Å². The summed E-state index contributed by atoms with van der Waals surface area (Å²) < 4.78 is 0. The van der Waals surface area contributed by atoms with Gasteiger partial charge < -0.3 is 5.73 Å². The van der Waals surface area contributed by atoms with E-state index in [1.807, 2.05) is 18.2 Å². The Balaban J connectivity index is 1.74. The van der Waals surface area contributed by atoms with E-state index in [1.54, 1.807) is 11.3 Å². The Kier molecular flexibility index (Phi) is 2.95. The van der Waals surface area contributed by atoms with Crippen LogP contribution in [0.25, 0.3) is 11.3 Å². The van der Waals surface area contributed by atoms with Crippen molar-refractivity contribution < 1.29 is 0 Å². The van der Waals surface area contributed by atoms with Crippen LogP contribution in [0.3, 0.4) is 0 Å². The molecular weight excluding hydrogens is 228 g/mol. The van der Waals surface area contributed by atoms with Crippen LogP contribution < -0.4 is 5.73 Å². The van der Waals surface area contributed by atoms with Crippen molar-refractivity contribution in [3.8, 4) is 11.3 Å². The van der Waals surface area contributed by atoms with Crippen molar-refractivity contribution in [3.05, 3.63) is 40.7 Å². The third-order valence-corrected chi connectivity index (χ3v) is 4.13. The van der Waals surface area contributed by atoms with Gasteiger partial charge in [-0.2, -0.15) is 0 Å². The summed E-state index contributed by atoms with van der Waals surface area (Å²) >= 11 is 1.73. The summed E-state index contributed by atoms with van der Waals surface area (Å²) in [6.07, 6.45) is 3.54. The summed E-state index contributed by atoms with van der Waals surface area (Å²) in [6.45, 7) is 0. The van der Waals surface area contributed by atoms with Crippen LogP contribution in [0, 0.1) is 5.92 Å². The fourth-order valence-electron chi connectivity index (χ4n) is 2.04. The van der Waals surface area contributed by atoms with E-state index in [-0.39, 0.29) is 0 Å². The molecule has 0 aliphatic heterocycles. The lowest BCUT2D eigenvalue weighted by molar-refractivity contribution is 0.590. The highest BCUT2D eigenvalue weighted by molar-refractivity contribution is 7.09. The fraction of sp³-hybridized carbons (Fsp3) is 0.357. The van der Waals surface area contributed by atoms with Crippen LogP contribution in [0.4, 0.5) is 0 Å². The van der Waals surface area contributed by atoms with Gasteiger partial charge in [0.2, 0.25) is 0 Å². The second-order valence-electron chi connectivity index (χ2n) is 4.70. The SMILES string of the molecule is NC(Cc1nc(-c2ccccc2)cs1)C1CC1. The first-order valence-electron chi connectivity index (χ1n) is 6.08. The summed E-state index contributed by atoms with van der Waals surface area (Å²) in [5, 5.41) is 3.30. The van der Waals surface area contributed by atoms with Gasteiger partial charge in [0.05, 0.1) is 10.7 Å². The van der Waals surface area contributed by atoms with Crippen LogP contribution in [0.2, 0.25) is 0 Å². The molecule has 1 aliphatic rings. The zero-order valence-electron chi connectivity index (χ0n) is 9.67. The van der Waals surface area contributed by atoms with Crippen LogP contribution >= 0.6 is 11.3 Å². The Morgan fingerprint density at radius 2 is 2.06 bits per heavy atom. The van der Waals surface area contributed by atoms with Gasteiger partial charge >= 0.3 is 0 Å². The lowest BCUT2D eigenvalue weighted by Gasteiger charge is -2.06. The molecule has 0 amide bonds. The monoisotopic (exact) mass is 244 g/mol. The van der Waals surface area contributed by atoms with Crippen molar-refractivity contribution >= 4 is 11.3 Å². The maximum Gasteiger partial charge on any atom is 0.0948 e. The molecule has 1 heterocycles. The number of benzene rings is 1. The zero-order valence-corrected chi connectivity index (χ0v) is 10.5. The van der Waals surface area contributed by atoms with Crippen molar-refractivity contribution in [3.63, 3.8) is 0 Å².